The van der Waals surface area contributed by atoms with Crippen molar-refractivity contribution < 1.29 is 23.9 Å². The molecule has 22 heavy (non-hydrogen) atoms. The fourth-order valence-corrected chi connectivity index (χ4v) is 2.17. The molecule has 6 heteroatoms. The summed E-state index contributed by atoms with van der Waals surface area (Å²) in [6.07, 6.45) is 3.00. The Hall–Kier alpha value is -2.76. The average Bonchev–Trinajstić information content (AvgIpc) is 2.82. The summed E-state index contributed by atoms with van der Waals surface area (Å²) in [5.74, 6) is -3.64. The van der Waals surface area contributed by atoms with Crippen molar-refractivity contribution in [2.24, 2.45) is 7.05 Å². The molecule has 0 spiro atoms. The van der Waals surface area contributed by atoms with E-state index in [-0.39, 0.29) is 5.82 Å². The highest BCUT2D eigenvalue weighted by Crippen LogP contribution is 2.18. The van der Waals surface area contributed by atoms with Gasteiger partial charge in [0.15, 0.2) is 5.78 Å². The second kappa shape index (κ2) is 6.34. The van der Waals surface area contributed by atoms with Crippen molar-refractivity contribution in [3.63, 3.8) is 0 Å². The number of benzene rings is 1. The van der Waals surface area contributed by atoms with Crippen molar-refractivity contribution in [2.45, 2.75) is 12.8 Å². The number of aryl methyl sites for hydroxylation is 1. The largest absolute Gasteiger partial charge is 0.475 e. The molecule has 0 saturated heterocycles. The maximum atomic E-state index is 12.9. The molecule has 0 fully saturated rings. The minimum Gasteiger partial charge on any atom is -0.475 e. The van der Waals surface area contributed by atoms with Crippen molar-refractivity contribution in [1.29, 1.82) is 0 Å². The van der Waals surface area contributed by atoms with Crippen LogP contribution in [0.2, 0.25) is 0 Å². The molecule has 1 N–H and O–H groups in total. The first-order chi connectivity index (χ1) is 10.4. The van der Waals surface area contributed by atoms with Gasteiger partial charge in [0.1, 0.15) is 5.82 Å². The van der Waals surface area contributed by atoms with Gasteiger partial charge in [-0.2, -0.15) is 0 Å². The van der Waals surface area contributed by atoms with E-state index < -0.39 is 24.0 Å². The fraction of sp³-hybridized carbons (Fsp3) is 0.188. The second-order valence-electron chi connectivity index (χ2n) is 4.99. The molecular formula is C16H14FNO4. The molecule has 114 valence electrons. The van der Waals surface area contributed by atoms with Gasteiger partial charge in [0.05, 0.1) is 6.42 Å². The van der Waals surface area contributed by atoms with Crippen LogP contribution in [0.25, 0.3) is 0 Å². The zero-order valence-electron chi connectivity index (χ0n) is 11.9. The van der Waals surface area contributed by atoms with Gasteiger partial charge in [0, 0.05) is 25.0 Å². The van der Waals surface area contributed by atoms with Crippen molar-refractivity contribution >= 4 is 17.5 Å². The Labute approximate surface area is 126 Å². The quantitative estimate of drug-likeness (QED) is 0.503. The molecule has 0 atom stereocenters. The number of ketones is 2. The van der Waals surface area contributed by atoms with E-state index in [1.807, 2.05) is 0 Å². The highest BCUT2D eigenvalue weighted by molar-refractivity contribution is 6.37. The van der Waals surface area contributed by atoms with Crippen LogP contribution in [0.3, 0.4) is 0 Å². The topological polar surface area (TPSA) is 76.4 Å². The number of nitrogens with zero attached hydrogens (tertiary/aromatic N) is 1. The SMILES string of the molecule is Cn1cc(Cc2ccc(F)cc2)c(C(=O)CC(=O)C(=O)O)c1. The highest BCUT2D eigenvalue weighted by atomic mass is 19.1. The maximum Gasteiger partial charge on any atom is 0.372 e. The standard InChI is InChI=1S/C16H14FNO4/c1-18-8-11(6-10-2-4-12(17)5-3-10)13(9-18)14(19)7-15(20)16(21)22/h2-5,8-9H,6-7H2,1H3,(H,21,22). The van der Waals surface area contributed by atoms with Gasteiger partial charge in [-0.05, 0) is 29.7 Å². The van der Waals surface area contributed by atoms with Gasteiger partial charge in [-0.25, -0.2) is 9.18 Å². The summed E-state index contributed by atoms with van der Waals surface area (Å²) in [7, 11) is 1.73. The van der Waals surface area contributed by atoms with Gasteiger partial charge in [0.25, 0.3) is 0 Å². The van der Waals surface area contributed by atoms with E-state index >= 15 is 0 Å². The number of halogens is 1. The lowest BCUT2D eigenvalue weighted by molar-refractivity contribution is -0.148. The third kappa shape index (κ3) is 3.66. The molecule has 0 aliphatic heterocycles. The molecule has 0 unspecified atom stereocenters. The van der Waals surface area contributed by atoms with Crippen molar-refractivity contribution in [2.75, 3.05) is 0 Å². The molecule has 1 heterocycles. The number of hydrogen-bond donors (Lipinski definition) is 1. The first-order valence-electron chi connectivity index (χ1n) is 6.55. The van der Waals surface area contributed by atoms with Gasteiger partial charge < -0.3 is 9.67 Å². The van der Waals surface area contributed by atoms with Crippen LogP contribution in [-0.2, 0) is 23.1 Å². The van der Waals surface area contributed by atoms with Crippen LogP contribution in [-0.4, -0.2) is 27.2 Å². The summed E-state index contributed by atoms with van der Waals surface area (Å²) in [6.45, 7) is 0. The summed E-state index contributed by atoms with van der Waals surface area (Å²) >= 11 is 0. The molecule has 5 nitrogen and oxygen atoms in total. The molecule has 0 aliphatic carbocycles. The third-order valence-corrected chi connectivity index (χ3v) is 3.21. The van der Waals surface area contributed by atoms with Crippen LogP contribution in [0.5, 0.6) is 0 Å². The lowest BCUT2D eigenvalue weighted by Gasteiger charge is -2.03. The molecular weight excluding hydrogens is 289 g/mol. The van der Waals surface area contributed by atoms with Crippen molar-refractivity contribution in [3.05, 3.63) is 59.2 Å². The summed E-state index contributed by atoms with van der Waals surface area (Å²) in [5.41, 5.74) is 1.78. The molecule has 0 amide bonds. The van der Waals surface area contributed by atoms with Gasteiger partial charge in [-0.15, -0.1) is 0 Å². The van der Waals surface area contributed by atoms with Crippen LogP contribution in [0.1, 0.15) is 27.9 Å². The minimum atomic E-state index is -1.62. The van der Waals surface area contributed by atoms with E-state index in [1.165, 1.54) is 12.1 Å². The number of carbonyl (C=O) groups excluding carboxylic acids is 2. The number of carboxylic acid groups (broad SMARTS) is 1. The highest BCUT2D eigenvalue weighted by Gasteiger charge is 2.21. The van der Waals surface area contributed by atoms with E-state index in [2.05, 4.69) is 0 Å². The van der Waals surface area contributed by atoms with Crippen molar-refractivity contribution in [3.8, 4) is 0 Å². The maximum absolute atomic E-state index is 12.9. The van der Waals surface area contributed by atoms with Gasteiger partial charge in [-0.3, -0.25) is 9.59 Å². The Morgan fingerprint density at radius 2 is 1.77 bits per heavy atom. The van der Waals surface area contributed by atoms with E-state index in [1.54, 1.807) is 36.1 Å². The van der Waals surface area contributed by atoms with Crippen LogP contribution >= 0.6 is 0 Å². The summed E-state index contributed by atoms with van der Waals surface area (Å²) in [5, 5.41) is 8.57. The summed E-state index contributed by atoms with van der Waals surface area (Å²) in [4.78, 5) is 33.8. The lowest BCUT2D eigenvalue weighted by Crippen LogP contribution is -2.17. The Morgan fingerprint density at radius 1 is 1.14 bits per heavy atom. The zero-order valence-corrected chi connectivity index (χ0v) is 11.9. The molecule has 1 aromatic heterocycles. The van der Waals surface area contributed by atoms with Gasteiger partial charge in [-0.1, -0.05) is 12.1 Å². The number of carboxylic acids is 1. The predicted octanol–water partition coefficient (Wildman–Crippen LogP) is 1.98. The average molecular weight is 303 g/mol. The van der Waals surface area contributed by atoms with E-state index in [4.69, 9.17) is 5.11 Å². The van der Waals surface area contributed by atoms with Crippen molar-refractivity contribution in [1.82, 2.24) is 4.57 Å². The van der Waals surface area contributed by atoms with Gasteiger partial charge >= 0.3 is 5.97 Å². The number of aliphatic carboxylic acids is 1. The predicted molar refractivity (Wildman–Crippen MR) is 76.2 cm³/mol. The van der Waals surface area contributed by atoms with Crippen LogP contribution in [0, 0.1) is 5.82 Å². The number of carbonyl (C=O) groups is 3. The molecule has 0 saturated carbocycles. The summed E-state index contributed by atoms with van der Waals surface area (Å²) < 4.78 is 14.6. The van der Waals surface area contributed by atoms with Crippen LogP contribution < -0.4 is 0 Å². The third-order valence-electron chi connectivity index (χ3n) is 3.21. The number of rotatable bonds is 6. The number of aromatic nitrogens is 1. The fourth-order valence-electron chi connectivity index (χ4n) is 2.17. The van der Waals surface area contributed by atoms with E-state index in [0.717, 1.165) is 5.56 Å². The number of Topliss-reactive ketones (excluding diaryl/α,β-unsaturated/α-hetero) is 2. The Balaban J connectivity index is 2.22. The minimum absolute atomic E-state index is 0.307. The second-order valence-corrected chi connectivity index (χ2v) is 4.99. The van der Waals surface area contributed by atoms with E-state index in [9.17, 15) is 18.8 Å². The lowest BCUT2D eigenvalue weighted by atomic mass is 9.99. The first kappa shape index (κ1) is 15.6. The Bertz CT molecular complexity index is 731. The Kier molecular flexibility index (Phi) is 4.50. The monoisotopic (exact) mass is 303 g/mol. The van der Waals surface area contributed by atoms with Gasteiger partial charge in [0.2, 0.25) is 5.78 Å². The Morgan fingerprint density at radius 3 is 2.36 bits per heavy atom. The molecule has 2 aromatic rings. The van der Waals surface area contributed by atoms with Crippen LogP contribution in [0.4, 0.5) is 4.39 Å². The van der Waals surface area contributed by atoms with E-state index in [0.29, 0.717) is 17.5 Å². The molecule has 1 aromatic carbocycles. The first-order valence-corrected chi connectivity index (χ1v) is 6.55. The van der Waals surface area contributed by atoms with Crippen LogP contribution in [0.15, 0.2) is 36.7 Å². The smallest absolute Gasteiger partial charge is 0.372 e. The molecule has 0 radical (unpaired) electrons. The zero-order chi connectivity index (χ0) is 16.3. The molecule has 0 aliphatic rings. The number of hydrogen-bond acceptors (Lipinski definition) is 3. The molecule has 0 bridgehead atoms. The molecule has 2 rings (SSSR count). The normalized spacial score (nSPS) is 10.5. The summed E-state index contributed by atoms with van der Waals surface area (Å²) in [6, 6.07) is 5.87.